The van der Waals surface area contributed by atoms with Crippen molar-refractivity contribution in [3.63, 3.8) is 0 Å². The largest absolute Gasteiger partial charge is 0.456 e. The maximum Gasteiger partial charge on any atom is 0.338 e. The first-order valence-corrected chi connectivity index (χ1v) is 12.8. The number of rotatable bonds is 6. The Balaban J connectivity index is 1.15. The van der Waals surface area contributed by atoms with Crippen LogP contribution >= 0.6 is 0 Å². The number of aliphatic imine (C=N–C) groups is 1. The van der Waals surface area contributed by atoms with Crippen molar-refractivity contribution in [2.24, 2.45) is 4.99 Å². The summed E-state index contributed by atoms with van der Waals surface area (Å²) in [5.74, 6) is 0.223. The van der Waals surface area contributed by atoms with Gasteiger partial charge >= 0.3 is 5.97 Å². The molecule has 1 atom stereocenters. The number of hydroxylamine groups is 1. The molecule has 1 fully saturated rings. The van der Waals surface area contributed by atoms with Crippen molar-refractivity contribution in [3.05, 3.63) is 102 Å². The first kappa shape index (κ1) is 24.5. The van der Waals surface area contributed by atoms with Gasteiger partial charge in [0.15, 0.2) is 5.82 Å². The third-order valence-corrected chi connectivity index (χ3v) is 7.47. The molecule has 194 valence electrons. The SMILES string of the molecule is N#CC1(c2ccc3ccccc3c2)CCN(c2ccc(C3(COC(=O)c4ccccc4)N=CNO3)nn2)CC1. The fraction of sp³-hybridized carbons (Fsp3) is 0.233. The molecule has 9 heteroatoms. The highest BCUT2D eigenvalue weighted by Gasteiger charge is 2.41. The van der Waals surface area contributed by atoms with E-state index < -0.39 is 17.1 Å². The molecule has 0 amide bonds. The Kier molecular flexibility index (Phi) is 6.39. The highest BCUT2D eigenvalue weighted by molar-refractivity contribution is 5.89. The summed E-state index contributed by atoms with van der Waals surface area (Å²) >= 11 is 0. The zero-order valence-corrected chi connectivity index (χ0v) is 21.2. The number of hydrogen-bond acceptors (Lipinski definition) is 9. The molecule has 0 bridgehead atoms. The number of nitriles is 1. The molecule has 0 saturated carbocycles. The van der Waals surface area contributed by atoms with E-state index in [1.54, 1.807) is 30.3 Å². The Hall–Kier alpha value is -4.81. The van der Waals surface area contributed by atoms with Gasteiger partial charge in [-0.15, -0.1) is 10.2 Å². The zero-order valence-electron chi connectivity index (χ0n) is 21.2. The molecular formula is C30H26N6O3. The number of carbonyl (C=O) groups is 1. The van der Waals surface area contributed by atoms with E-state index in [-0.39, 0.29) is 6.61 Å². The summed E-state index contributed by atoms with van der Waals surface area (Å²) in [6, 6.07) is 29.5. The van der Waals surface area contributed by atoms with Crippen LogP contribution in [-0.2, 0) is 20.7 Å². The Labute approximate surface area is 225 Å². The molecule has 3 heterocycles. The van der Waals surface area contributed by atoms with Crippen molar-refractivity contribution < 1.29 is 14.4 Å². The van der Waals surface area contributed by atoms with E-state index in [4.69, 9.17) is 9.57 Å². The number of nitrogens with one attached hydrogen (secondary N) is 1. The summed E-state index contributed by atoms with van der Waals surface area (Å²) < 4.78 is 5.49. The van der Waals surface area contributed by atoms with Crippen molar-refractivity contribution in [2.75, 3.05) is 24.6 Å². The van der Waals surface area contributed by atoms with Crippen LogP contribution in [0.25, 0.3) is 10.8 Å². The van der Waals surface area contributed by atoms with Gasteiger partial charge in [0, 0.05) is 13.1 Å². The second-order valence-electron chi connectivity index (χ2n) is 9.72. The molecule has 1 unspecified atom stereocenters. The van der Waals surface area contributed by atoms with Gasteiger partial charge in [-0.3, -0.25) is 5.48 Å². The lowest BCUT2D eigenvalue weighted by Crippen LogP contribution is -2.42. The van der Waals surface area contributed by atoms with Gasteiger partial charge in [0.05, 0.1) is 17.0 Å². The number of anilines is 1. The van der Waals surface area contributed by atoms with E-state index >= 15 is 0 Å². The minimum absolute atomic E-state index is 0.168. The maximum absolute atomic E-state index is 12.5. The molecule has 9 nitrogen and oxygen atoms in total. The fourth-order valence-corrected chi connectivity index (χ4v) is 5.13. The van der Waals surface area contributed by atoms with Gasteiger partial charge in [-0.25, -0.2) is 14.6 Å². The number of nitrogens with zero attached hydrogens (tertiary/aromatic N) is 5. The Morgan fingerprint density at radius 1 is 0.974 bits per heavy atom. The minimum atomic E-state index is -1.33. The van der Waals surface area contributed by atoms with Gasteiger partial charge < -0.3 is 9.64 Å². The molecule has 2 aliphatic heterocycles. The van der Waals surface area contributed by atoms with Crippen molar-refractivity contribution in [2.45, 2.75) is 24.0 Å². The second kappa shape index (κ2) is 10.2. The lowest BCUT2D eigenvalue weighted by Gasteiger charge is -2.38. The molecule has 0 aliphatic carbocycles. The predicted octanol–water partition coefficient (Wildman–Crippen LogP) is 4.26. The van der Waals surface area contributed by atoms with Crippen LogP contribution in [-0.4, -0.2) is 42.2 Å². The lowest BCUT2D eigenvalue weighted by atomic mass is 9.73. The number of carbonyl (C=O) groups excluding carboxylic acids is 1. The van der Waals surface area contributed by atoms with Gasteiger partial charge in [-0.2, -0.15) is 5.26 Å². The molecule has 0 spiro atoms. The Morgan fingerprint density at radius 3 is 2.44 bits per heavy atom. The third kappa shape index (κ3) is 4.67. The van der Waals surface area contributed by atoms with Crippen LogP contribution in [0.4, 0.5) is 5.82 Å². The minimum Gasteiger partial charge on any atom is -0.456 e. The number of fused-ring (bicyclic) bond motifs is 1. The van der Waals surface area contributed by atoms with Gasteiger partial charge in [0.1, 0.15) is 18.6 Å². The summed E-state index contributed by atoms with van der Waals surface area (Å²) in [6.07, 6.45) is 2.76. The van der Waals surface area contributed by atoms with Gasteiger partial charge in [-0.1, -0.05) is 54.6 Å². The summed E-state index contributed by atoms with van der Waals surface area (Å²) in [7, 11) is 0. The molecule has 39 heavy (non-hydrogen) atoms. The van der Waals surface area contributed by atoms with Crippen molar-refractivity contribution >= 4 is 28.9 Å². The number of esters is 1. The van der Waals surface area contributed by atoms with Crippen LogP contribution in [0, 0.1) is 11.3 Å². The van der Waals surface area contributed by atoms with E-state index in [0.29, 0.717) is 43.0 Å². The number of benzene rings is 3. The van der Waals surface area contributed by atoms with Crippen LogP contribution in [0.5, 0.6) is 0 Å². The summed E-state index contributed by atoms with van der Waals surface area (Å²) in [5.41, 5.74) is 2.63. The van der Waals surface area contributed by atoms with Crippen molar-refractivity contribution in [1.82, 2.24) is 15.7 Å². The third-order valence-electron chi connectivity index (χ3n) is 7.47. The number of piperidine rings is 1. The van der Waals surface area contributed by atoms with E-state index in [1.165, 1.54) is 11.7 Å². The van der Waals surface area contributed by atoms with Crippen molar-refractivity contribution in [3.8, 4) is 6.07 Å². The van der Waals surface area contributed by atoms with E-state index in [0.717, 1.165) is 10.9 Å². The smallest absolute Gasteiger partial charge is 0.338 e. The molecule has 4 aromatic rings. The molecule has 1 N–H and O–H groups in total. The lowest BCUT2D eigenvalue weighted by molar-refractivity contribution is -0.0981. The van der Waals surface area contributed by atoms with Crippen LogP contribution in [0.2, 0.25) is 0 Å². The molecule has 1 saturated heterocycles. The standard InChI is InChI=1S/C30H26N6O3/c31-19-29(25-11-10-22-6-4-5-9-24(22)18-25)14-16-36(17-15-29)27-13-12-26(34-35-27)30(32-21-33-39-30)20-38-28(37)23-7-2-1-3-8-23/h1-13,18,21H,14-17,20H2,(H,32,33). The van der Waals surface area contributed by atoms with Gasteiger partial charge in [0.25, 0.3) is 5.72 Å². The highest BCUT2D eigenvalue weighted by Crippen LogP contribution is 2.37. The van der Waals surface area contributed by atoms with Crippen molar-refractivity contribution in [1.29, 1.82) is 5.26 Å². The van der Waals surface area contributed by atoms with E-state index in [1.807, 2.05) is 24.3 Å². The molecule has 2 aliphatic rings. The monoisotopic (exact) mass is 518 g/mol. The Morgan fingerprint density at radius 2 is 1.74 bits per heavy atom. The molecule has 1 aromatic heterocycles. The Bertz CT molecular complexity index is 1560. The van der Waals surface area contributed by atoms with Gasteiger partial charge in [0.2, 0.25) is 0 Å². The molecule has 3 aromatic carbocycles. The van der Waals surface area contributed by atoms with Crippen LogP contribution < -0.4 is 10.4 Å². The summed E-state index contributed by atoms with van der Waals surface area (Å²) in [4.78, 5) is 24.6. The molecule has 6 rings (SSSR count). The zero-order chi connectivity index (χ0) is 26.7. The number of aromatic nitrogens is 2. The quantitative estimate of drug-likeness (QED) is 0.377. The molecular weight excluding hydrogens is 492 g/mol. The summed E-state index contributed by atoms with van der Waals surface area (Å²) in [5, 5.41) is 21.3. The van der Waals surface area contributed by atoms with Crippen LogP contribution in [0.3, 0.4) is 0 Å². The average Bonchev–Trinajstić information content (AvgIpc) is 3.50. The first-order chi connectivity index (χ1) is 19.1. The number of ether oxygens (including phenoxy) is 1. The topological polar surface area (TPSA) is 113 Å². The van der Waals surface area contributed by atoms with E-state index in [9.17, 15) is 10.1 Å². The maximum atomic E-state index is 12.5. The number of hydrogen-bond donors (Lipinski definition) is 1. The highest BCUT2D eigenvalue weighted by atomic mass is 16.7. The van der Waals surface area contributed by atoms with Crippen LogP contribution in [0.15, 0.2) is 89.9 Å². The predicted molar refractivity (Wildman–Crippen MR) is 146 cm³/mol. The summed E-state index contributed by atoms with van der Waals surface area (Å²) in [6.45, 7) is 1.17. The average molecular weight is 519 g/mol. The van der Waals surface area contributed by atoms with Gasteiger partial charge in [-0.05, 0) is 59.5 Å². The fourth-order valence-electron chi connectivity index (χ4n) is 5.13. The second-order valence-corrected chi connectivity index (χ2v) is 9.72. The van der Waals surface area contributed by atoms with E-state index in [2.05, 4.69) is 62.0 Å². The normalized spacial score (nSPS) is 19.8. The van der Waals surface area contributed by atoms with Crippen LogP contribution in [0.1, 0.15) is 34.5 Å². The first-order valence-electron chi connectivity index (χ1n) is 12.8. The molecule has 0 radical (unpaired) electrons.